The van der Waals surface area contributed by atoms with Gasteiger partial charge in [0.25, 0.3) is 0 Å². The molecule has 0 aromatic rings. The van der Waals surface area contributed by atoms with Crippen LogP contribution in [0.3, 0.4) is 0 Å². The van der Waals surface area contributed by atoms with Gasteiger partial charge >= 0.3 is 0 Å². The summed E-state index contributed by atoms with van der Waals surface area (Å²) in [6, 6.07) is 0. The summed E-state index contributed by atoms with van der Waals surface area (Å²) >= 11 is 0. The van der Waals surface area contributed by atoms with Gasteiger partial charge < -0.3 is 15.3 Å². The summed E-state index contributed by atoms with van der Waals surface area (Å²) in [6.45, 7) is 3.70. The molecule has 0 amide bonds. The highest BCUT2D eigenvalue weighted by atomic mass is 16.4. The lowest BCUT2D eigenvalue weighted by Crippen LogP contribution is -2.43. The smallest absolute Gasteiger partial charge is 0.106 e. The molecular formula is C7H13O3. The highest BCUT2D eigenvalue weighted by Gasteiger charge is 2.32. The molecule has 3 nitrogen and oxygen atoms in total. The van der Waals surface area contributed by atoms with Crippen LogP contribution >= 0.6 is 0 Å². The van der Waals surface area contributed by atoms with Crippen LogP contribution in [0.1, 0.15) is 12.8 Å². The lowest BCUT2D eigenvalue weighted by Gasteiger charge is -2.31. The van der Waals surface area contributed by atoms with Crippen LogP contribution in [0, 0.1) is 12.8 Å². The minimum atomic E-state index is -0.974. The molecule has 1 fully saturated rings. The fourth-order valence-corrected chi connectivity index (χ4v) is 1.31. The van der Waals surface area contributed by atoms with Crippen LogP contribution in [-0.4, -0.2) is 33.6 Å². The van der Waals surface area contributed by atoms with Crippen LogP contribution in [0.15, 0.2) is 0 Å². The van der Waals surface area contributed by atoms with Crippen molar-refractivity contribution in [3.63, 3.8) is 0 Å². The second kappa shape index (κ2) is 2.86. The van der Waals surface area contributed by atoms with Crippen molar-refractivity contribution in [1.82, 2.24) is 0 Å². The molecule has 1 aliphatic rings. The number of aliphatic hydroxyl groups is 3. The van der Waals surface area contributed by atoms with Crippen molar-refractivity contribution in [2.45, 2.75) is 31.2 Å². The van der Waals surface area contributed by atoms with Crippen molar-refractivity contribution in [3.8, 4) is 0 Å². The summed E-state index contributed by atoms with van der Waals surface area (Å²) in [5, 5.41) is 27.2. The van der Waals surface area contributed by atoms with Crippen molar-refractivity contribution in [2.24, 2.45) is 5.92 Å². The van der Waals surface area contributed by atoms with Gasteiger partial charge in [0, 0.05) is 0 Å². The Morgan fingerprint density at radius 1 is 1.00 bits per heavy atom. The average molecular weight is 145 g/mol. The van der Waals surface area contributed by atoms with Crippen molar-refractivity contribution in [1.29, 1.82) is 0 Å². The van der Waals surface area contributed by atoms with Crippen molar-refractivity contribution in [2.75, 3.05) is 0 Å². The monoisotopic (exact) mass is 145 g/mol. The van der Waals surface area contributed by atoms with Crippen LogP contribution in [0.25, 0.3) is 0 Å². The normalized spacial score (nSPS) is 49.2. The summed E-state index contributed by atoms with van der Waals surface area (Å²) in [7, 11) is 0. The predicted molar refractivity (Wildman–Crippen MR) is 36.1 cm³/mol. The number of aliphatic hydroxyl groups excluding tert-OH is 3. The summed E-state index contributed by atoms with van der Waals surface area (Å²) < 4.78 is 0. The molecular weight excluding hydrogens is 132 g/mol. The molecule has 0 saturated heterocycles. The third-order valence-corrected chi connectivity index (χ3v) is 1.94. The first-order valence-corrected chi connectivity index (χ1v) is 3.48. The van der Waals surface area contributed by atoms with Gasteiger partial charge in [0.1, 0.15) is 6.10 Å². The average Bonchev–Trinajstić information content (AvgIpc) is 1.82. The van der Waals surface area contributed by atoms with Crippen LogP contribution in [0.2, 0.25) is 0 Å². The molecule has 3 N–H and O–H groups in total. The van der Waals surface area contributed by atoms with E-state index in [1.165, 1.54) is 0 Å². The van der Waals surface area contributed by atoms with Crippen LogP contribution in [0.5, 0.6) is 0 Å². The Bertz CT molecular complexity index is 103. The maximum absolute atomic E-state index is 9.07. The lowest BCUT2D eigenvalue weighted by molar-refractivity contribution is -0.0944. The van der Waals surface area contributed by atoms with E-state index in [-0.39, 0.29) is 5.92 Å². The van der Waals surface area contributed by atoms with E-state index in [1.807, 2.05) is 0 Å². The largest absolute Gasteiger partial charge is 0.390 e. The van der Waals surface area contributed by atoms with Gasteiger partial charge in [-0.2, -0.15) is 0 Å². The molecule has 2 unspecified atom stereocenters. The Kier molecular flexibility index (Phi) is 2.28. The fourth-order valence-electron chi connectivity index (χ4n) is 1.31. The second-order valence-electron chi connectivity index (χ2n) is 2.96. The molecule has 1 rings (SSSR count). The molecule has 3 heteroatoms. The molecule has 0 heterocycles. The Labute approximate surface area is 60.3 Å². The Hall–Kier alpha value is -0.120. The van der Waals surface area contributed by atoms with Crippen molar-refractivity contribution < 1.29 is 15.3 Å². The van der Waals surface area contributed by atoms with Gasteiger partial charge in [-0.05, 0) is 25.7 Å². The van der Waals surface area contributed by atoms with E-state index < -0.39 is 18.3 Å². The fraction of sp³-hybridized carbons (Fsp3) is 0.857. The third-order valence-electron chi connectivity index (χ3n) is 1.94. The van der Waals surface area contributed by atoms with Crippen molar-refractivity contribution in [3.05, 3.63) is 6.92 Å². The molecule has 0 spiro atoms. The number of hydrogen-bond acceptors (Lipinski definition) is 3. The van der Waals surface area contributed by atoms with Gasteiger partial charge in [-0.25, -0.2) is 0 Å². The zero-order chi connectivity index (χ0) is 7.72. The van der Waals surface area contributed by atoms with E-state index >= 15 is 0 Å². The van der Waals surface area contributed by atoms with E-state index in [9.17, 15) is 0 Å². The quantitative estimate of drug-likeness (QED) is 0.423. The zero-order valence-corrected chi connectivity index (χ0v) is 5.77. The number of rotatable bonds is 0. The Morgan fingerprint density at radius 2 is 1.40 bits per heavy atom. The summed E-state index contributed by atoms with van der Waals surface area (Å²) in [6.07, 6.45) is -1.60. The topological polar surface area (TPSA) is 60.7 Å². The maximum Gasteiger partial charge on any atom is 0.106 e. The molecule has 1 radical (unpaired) electrons. The van der Waals surface area contributed by atoms with Gasteiger partial charge in [-0.3, -0.25) is 0 Å². The minimum Gasteiger partial charge on any atom is -0.390 e. The highest BCUT2D eigenvalue weighted by Crippen LogP contribution is 2.23. The standard InChI is InChI=1S/C7H13O3/c1-4-2-5(8)7(10)6(9)3-4/h4-10H,1-3H2. The Morgan fingerprint density at radius 3 is 1.80 bits per heavy atom. The molecule has 0 aromatic carbocycles. The molecule has 10 heavy (non-hydrogen) atoms. The molecule has 2 atom stereocenters. The summed E-state index contributed by atoms with van der Waals surface area (Å²) in [5.41, 5.74) is 0. The third kappa shape index (κ3) is 1.48. The zero-order valence-electron chi connectivity index (χ0n) is 5.77. The van der Waals surface area contributed by atoms with Crippen LogP contribution in [-0.2, 0) is 0 Å². The van der Waals surface area contributed by atoms with E-state index in [0.29, 0.717) is 12.8 Å². The number of hydrogen-bond donors (Lipinski definition) is 3. The van der Waals surface area contributed by atoms with E-state index in [1.54, 1.807) is 0 Å². The second-order valence-corrected chi connectivity index (χ2v) is 2.96. The molecule has 0 aliphatic heterocycles. The maximum atomic E-state index is 9.07. The van der Waals surface area contributed by atoms with Gasteiger partial charge in [0.05, 0.1) is 12.2 Å². The summed E-state index contributed by atoms with van der Waals surface area (Å²) in [4.78, 5) is 0. The van der Waals surface area contributed by atoms with Gasteiger partial charge in [0.2, 0.25) is 0 Å². The van der Waals surface area contributed by atoms with Gasteiger partial charge in [-0.1, -0.05) is 0 Å². The van der Waals surface area contributed by atoms with Crippen LogP contribution in [0.4, 0.5) is 0 Å². The Balaban J connectivity index is 2.49. The molecule has 1 saturated carbocycles. The van der Waals surface area contributed by atoms with Crippen LogP contribution < -0.4 is 0 Å². The predicted octanol–water partition coefficient (Wildman–Crippen LogP) is -0.687. The SMILES string of the molecule is [CH2]C1CC(O)C(O)C(O)C1. The van der Waals surface area contributed by atoms with E-state index in [0.717, 1.165) is 0 Å². The van der Waals surface area contributed by atoms with E-state index in [4.69, 9.17) is 15.3 Å². The lowest BCUT2D eigenvalue weighted by atomic mass is 9.85. The molecule has 0 aromatic heterocycles. The molecule has 0 bridgehead atoms. The summed E-state index contributed by atoms with van der Waals surface area (Å²) in [5.74, 6) is 0.0633. The molecule has 1 aliphatic carbocycles. The van der Waals surface area contributed by atoms with Gasteiger partial charge in [0.15, 0.2) is 0 Å². The molecule has 59 valence electrons. The van der Waals surface area contributed by atoms with E-state index in [2.05, 4.69) is 6.92 Å². The highest BCUT2D eigenvalue weighted by molar-refractivity contribution is 4.86. The first-order valence-electron chi connectivity index (χ1n) is 3.48. The van der Waals surface area contributed by atoms with Crippen molar-refractivity contribution >= 4 is 0 Å². The van der Waals surface area contributed by atoms with Gasteiger partial charge in [-0.15, -0.1) is 0 Å². The first kappa shape index (κ1) is 7.98. The minimum absolute atomic E-state index is 0.0633. The first-order chi connectivity index (χ1) is 4.61.